The van der Waals surface area contributed by atoms with Gasteiger partial charge in [0.25, 0.3) is 0 Å². The van der Waals surface area contributed by atoms with Gasteiger partial charge in [-0.25, -0.2) is 9.97 Å². The monoisotopic (exact) mass is 325 g/mol. The molecule has 0 radical (unpaired) electrons. The standard InChI is InChI=1S/C12H15ClF3N3O2/c1-19(7-11(20)2-4-21-5-3-11)9-6-8(12(14,15)16)17-10(13)18-9/h6,20H,2-5,7H2,1H3. The maximum absolute atomic E-state index is 12.7. The molecule has 9 heteroatoms. The number of halogens is 4. The fraction of sp³-hybridized carbons (Fsp3) is 0.667. The molecule has 0 atom stereocenters. The highest BCUT2D eigenvalue weighted by Gasteiger charge is 2.35. The Kier molecular flexibility index (Phi) is 4.60. The van der Waals surface area contributed by atoms with Crippen LogP contribution in [0.25, 0.3) is 0 Å². The van der Waals surface area contributed by atoms with E-state index in [1.54, 1.807) is 7.05 Å². The number of nitrogens with zero attached hydrogens (tertiary/aromatic N) is 3. The van der Waals surface area contributed by atoms with Crippen molar-refractivity contribution < 1.29 is 23.0 Å². The molecule has 21 heavy (non-hydrogen) atoms. The smallest absolute Gasteiger partial charge is 0.388 e. The van der Waals surface area contributed by atoms with Crippen LogP contribution in [0.1, 0.15) is 18.5 Å². The lowest BCUT2D eigenvalue weighted by Gasteiger charge is -2.35. The molecule has 1 aliphatic rings. The highest BCUT2D eigenvalue weighted by molar-refractivity contribution is 6.28. The first-order chi connectivity index (χ1) is 9.70. The number of alkyl halides is 3. The summed E-state index contributed by atoms with van der Waals surface area (Å²) in [5.41, 5.74) is -2.12. The Morgan fingerprint density at radius 2 is 2.00 bits per heavy atom. The maximum Gasteiger partial charge on any atom is 0.433 e. The fourth-order valence-corrected chi connectivity index (χ4v) is 2.36. The fourth-order valence-electron chi connectivity index (χ4n) is 2.18. The van der Waals surface area contributed by atoms with Crippen LogP contribution in [0.5, 0.6) is 0 Å². The van der Waals surface area contributed by atoms with Crippen molar-refractivity contribution in [2.45, 2.75) is 24.6 Å². The molecule has 1 fully saturated rings. The van der Waals surface area contributed by atoms with E-state index in [2.05, 4.69) is 9.97 Å². The lowest BCUT2D eigenvalue weighted by molar-refractivity contribution is -0.141. The Morgan fingerprint density at radius 1 is 1.38 bits per heavy atom. The SMILES string of the molecule is CN(CC1(O)CCOCC1)c1cc(C(F)(F)F)nc(Cl)n1. The van der Waals surface area contributed by atoms with E-state index in [1.807, 2.05) is 0 Å². The molecular weight excluding hydrogens is 311 g/mol. The van der Waals surface area contributed by atoms with Crippen molar-refractivity contribution in [2.75, 3.05) is 31.7 Å². The molecule has 0 bridgehead atoms. The van der Waals surface area contributed by atoms with Gasteiger partial charge >= 0.3 is 6.18 Å². The maximum atomic E-state index is 12.7. The van der Waals surface area contributed by atoms with Gasteiger partial charge in [-0.1, -0.05) is 0 Å². The van der Waals surface area contributed by atoms with Crippen molar-refractivity contribution in [2.24, 2.45) is 0 Å². The largest absolute Gasteiger partial charge is 0.433 e. The Hall–Kier alpha value is -1.12. The highest BCUT2D eigenvalue weighted by atomic mass is 35.5. The lowest BCUT2D eigenvalue weighted by Crippen LogP contribution is -2.46. The quantitative estimate of drug-likeness (QED) is 0.863. The zero-order valence-electron chi connectivity index (χ0n) is 11.3. The highest BCUT2D eigenvalue weighted by Crippen LogP contribution is 2.31. The third kappa shape index (κ3) is 4.18. The number of anilines is 1. The van der Waals surface area contributed by atoms with Crippen LogP contribution in [-0.2, 0) is 10.9 Å². The average molecular weight is 326 g/mol. The topological polar surface area (TPSA) is 58.5 Å². The van der Waals surface area contributed by atoms with Crippen LogP contribution in [0.15, 0.2) is 6.07 Å². The molecule has 0 aliphatic carbocycles. The summed E-state index contributed by atoms with van der Waals surface area (Å²) in [6.45, 7) is 0.979. The van der Waals surface area contributed by atoms with Crippen molar-refractivity contribution in [3.63, 3.8) is 0 Å². The molecule has 0 spiro atoms. The molecular formula is C12H15ClF3N3O2. The van der Waals surface area contributed by atoms with Gasteiger partial charge in [0.05, 0.1) is 5.60 Å². The van der Waals surface area contributed by atoms with E-state index in [0.717, 1.165) is 6.07 Å². The number of hydrogen-bond acceptors (Lipinski definition) is 5. The first-order valence-electron chi connectivity index (χ1n) is 6.33. The first kappa shape index (κ1) is 16.3. The van der Waals surface area contributed by atoms with Crippen LogP contribution in [-0.4, -0.2) is 47.5 Å². The second-order valence-corrected chi connectivity index (χ2v) is 5.41. The Balaban J connectivity index is 2.19. The number of ether oxygens (including phenoxy) is 1. The minimum atomic E-state index is -4.60. The molecule has 1 aromatic rings. The van der Waals surface area contributed by atoms with E-state index >= 15 is 0 Å². The number of rotatable bonds is 3. The van der Waals surface area contributed by atoms with Gasteiger partial charge in [0, 0.05) is 45.7 Å². The van der Waals surface area contributed by atoms with Crippen molar-refractivity contribution in [3.05, 3.63) is 17.0 Å². The summed E-state index contributed by atoms with van der Waals surface area (Å²) in [5.74, 6) is 0.0160. The number of aliphatic hydroxyl groups is 1. The van der Waals surface area contributed by atoms with Crippen molar-refractivity contribution in [3.8, 4) is 0 Å². The summed E-state index contributed by atoms with van der Waals surface area (Å²) < 4.78 is 43.3. The molecule has 1 aliphatic heterocycles. The van der Waals surface area contributed by atoms with Crippen LogP contribution >= 0.6 is 11.6 Å². The summed E-state index contributed by atoms with van der Waals surface area (Å²) in [4.78, 5) is 8.39. The third-order valence-corrected chi connectivity index (χ3v) is 3.49. The summed E-state index contributed by atoms with van der Waals surface area (Å²) >= 11 is 5.55. The molecule has 0 amide bonds. The van der Waals surface area contributed by atoms with E-state index in [4.69, 9.17) is 16.3 Å². The van der Waals surface area contributed by atoms with Gasteiger partial charge in [-0.05, 0) is 11.6 Å². The van der Waals surface area contributed by atoms with E-state index < -0.39 is 22.8 Å². The summed E-state index contributed by atoms with van der Waals surface area (Å²) in [7, 11) is 1.55. The van der Waals surface area contributed by atoms with Gasteiger partial charge < -0.3 is 14.7 Å². The number of hydrogen-bond donors (Lipinski definition) is 1. The van der Waals surface area contributed by atoms with Crippen LogP contribution < -0.4 is 4.90 Å². The van der Waals surface area contributed by atoms with Crippen LogP contribution in [0.4, 0.5) is 19.0 Å². The molecule has 0 aromatic carbocycles. The van der Waals surface area contributed by atoms with Gasteiger partial charge in [0.15, 0.2) is 5.69 Å². The van der Waals surface area contributed by atoms with Crippen LogP contribution in [0.3, 0.4) is 0 Å². The number of aromatic nitrogens is 2. The molecule has 0 unspecified atom stereocenters. The summed E-state index contributed by atoms with van der Waals surface area (Å²) in [5, 5.41) is 9.90. The minimum Gasteiger partial charge on any atom is -0.388 e. The first-order valence-corrected chi connectivity index (χ1v) is 6.70. The molecule has 0 saturated carbocycles. The third-order valence-electron chi connectivity index (χ3n) is 3.32. The predicted octanol–water partition coefficient (Wildman–Crippen LogP) is 2.13. The zero-order chi connectivity index (χ0) is 15.7. The van der Waals surface area contributed by atoms with Gasteiger partial charge in [0.1, 0.15) is 5.82 Å². The van der Waals surface area contributed by atoms with E-state index in [1.165, 1.54) is 4.90 Å². The average Bonchev–Trinajstić information content (AvgIpc) is 2.37. The van der Waals surface area contributed by atoms with E-state index in [-0.39, 0.29) is 12.4 Å². The van der Waals surface area contributed by atoms with E-state index in [0.29, 0.717) is 26.1 Å². The van der Waals surface area contributed by atoms with Gasteiger partial charge in [-0.15, -0.1) is 0 Å². The number of likely N-dealkylation sites (N-methyl/N-ethyl adjacent to an activating group) is 1. The molecule has 5 nitrogen and oxygen atoms in total. The molecule has 1 saturated heterocycles. The Bertz CT molecular complexity index is 507. The molecule has 2 heterocycles. The summed E-state index contributed by atoms with van der Waals surface area (Å²) in [6.07, 6.45) is -3.76. The zero-order valence-corrected chi connectivity index (χ0v) is 12.1. The molecule has 1 N–H and O–H groups in total. The van der Waals surface area contributed by atoms with E-state index in [9.17, 15) is 18.3 Å². The second kappa shape index (κ2) is 5.94. The van der Waals surface area contributed by atoms with Crippen LogP contribution in [0.2, 0.25) is 5.28 Å². The van der Waals surface area contributed by atoms with Crippen molar-refractivity contribution in [1.82, 2.24) is 9.97 Å². The molecule has 1 aromatic heterocycles. The molecule has 118 valence electrons. The normalized spacial score (nSPS) is 18.6. The minimum absolute atomic E-state index is 0.0160. The summed E-state index contributed by atoms with van der Waals surface area (Å²) in [6, 6.07) is 0.814. The van der Waals surface area contributed by atoms with Crippen LogP contribution in [0, 0.1) is 0 Å². The Labute approximate surface area is 124 Å². The lowest BCUT2D eigenvalue weighted by atomic mass is 9.94. The van der Waals surface area contributed by atoms with Gasteiger partial charge in [-0.2, -0.15) is 13.2 Å². The van der Waals surface area contributed by atoms with Gasteiger partial charge in [-0.3, -0.25) is 0 Å². The van der Waals surface area contributed by atoms with Crippen molar-refractivity contribution in [1.29, 1.82) is 0 Å². The van der Waals surface area contributed by atoms with Gasteiger partial charge in [0.2, 0.25) is 5.28 Å². The molecule has 2 rings (SSSR count). The second-order valence-electron chi connectivity index (χ2n) is 5.07. The Morgan fingerprint density at radius 3 is 2.57 bits per heavy atom. The predicted molar refractivity (Wildman–Crippen MR) is 70.3 cm³/mol. The van der Waals surface area contributed by atoms with Crippen molar-refractivity contribution >= 4 is 17.4 Å².